The summed E-state index contributed by atoms with van der Waals surface area (Å²) >= 11 is 3.71. The third-order valence-electron chi connectivity index (χ3n) is 8.84. The number of anilines is 3. The van der Waals surface area contributed by atoms with Crippen molar-refractivity contribution in [1.82, 2.24) is 0 Å². The Hall–Kier alpha value is -5.16. The van der Waals surface area contributed by atoms with Gasteiger partial charge < -0.3 is 9.32 Å². The zero-order valence-corrected chi connectivity index (χ0v) is 25.1. The van der Waals surface area contributed by atoms with Gasteiger partial charge in [0.15, 0.2) is 0 Å². The first kappa shape index (κ1) is 24.3. The topological polar surface area (TPSA) is 16.4 Å². The fraction of sp³-hybridized carbons (Fsp3) is 0. The number of rotatable bonds is 3. The summed E-state index contributed by atoms with van der Waals surface area (Å²) in [6.07, 6.45) is 0. The summed E-state index contributed by atoms with van der Waals surface area (Å²) in [4.78, 5) is 2.37. The van der Waals surface area contributed by atoms with E-state index >= 15 is 0 Å². The minimum Gasteiger partial charge on any atom is -0.456 e. The first-order valence-corrected chi connectivity index (χ1v) is 16.4. The predicted octanol–water partition coefficient (Wildman–Crippen LogP) is 12.9. The molecular weight excluding hydrogens is 575 g/mol. The molecule has 0 aliphatic carbocycles. The molecule has 44 heavy (non-hydrogen) atoms. The van der Waals surface area contributed by atoms with E-state index in [4.69, 9.17) is 4.42 Å². The molecular formula is C40H23NOS2. The summed E-state index contributed by atoms with van der Waals surface area (Å²) in [5, 5.41) is 9.99. The van der Waals surface area contributed by atoms with Crippen LogP contribution in [0.5, 0.6) is 0 Å². The van der Waals surface area contributed by atoms with Crippen LogP contribution in [0.4, 0.5) is 17.1 Å². The quantitative estimate of drug-likeness (QED) is 0.201. The van der Waals surface area contributed by atoms with Gasteiger partial charge in [-0.3, -0.25) is 0 Å². The number of benzene rings is 7. The summed E-state index contributed by atoms with van der Waals surface area (Å²) in [7, 11) is 0. The molecule has 0 aliphatic heterocycles. The Balaban J connectivity index is 1.21. The van der Waals surface area contributed by atoms with Crippen LogP contribution in [0.2, 0.25) is 0 Å². The van der Waals surface area contributed by atoms with E-state index in [2.05, 4.69) is 144 Å². The predicted molar refractivity (Wildman–Crippen MR) is 192 cm³/mol. The van der Waals surface area contributed by atoms with Crippen molar-refractivity contribution in [2.45, 2.75) is 0 Å². The van der Waals surface area contributed by atoms with Crippen LogP contribution in [0.15, 0.2) is 144 Å². The molecule has 7 aromatic carbocycles. The van der Waals surface area contributed by atoms with Crippen molar-refractivity contribution in [3.05, 3.63) is 140 Å². The Kier molecular flexibility index (Phi) is 5.06. The van der Waals surface area contributed by atoms with Crippen LogP contribution >= 0.6 is 22.7 Å². The van der Waals surface area contributed by atoms with E-state index in [-0.39, 0.29) is 0 Å². The van der Waals surface area contributed by atoms with Crippen molar-refractivity contribution in [1.29, 1.82) is 0 Å². The Morgan fingerprint density at radius 1 is 0.386 bits per heavy atom. The molecule has 0 radical (unpaired) electrons. The molecule has 0 N–H and O–H groups in total. The van der Waals surface area contributed by atoms with E-state index in [1.807, 2.05) is 22.7 Å². The summed E-state index contributed by atoms with van der Waals surface area (Å²) < 4.78 is 11.7. The molecule has 0 fully saturated rings. The molecule has 0 saturated heterocycles. The number of thiophene rings is 2. The highest BCUT2D eigenvalue weighted by Gasteiger charge is 2.19. The van der Waals surface area contributed by atoms with Gasteiger partial charge in [-0.1, -0.05) is 78.9 Å². The van der Waals surface area contributed by atoms with Crippen LogP contribution in [-0.2, 0) is 0 Å². The molecule has 3 aromatic heterocycles. The van der Waals surface area contributed by atoms with Gasteiger partial charge in [-0.05, 0) is 65.4 Å². The first-order valence-electron chi connectivity index (χ1n) is 14.8. The molecule has 0 spiro atoms. The van der Waals surface area contributed by atoms with E-state index in [0.717, 1.165) is 33.6 Å². The molecule has 0 atom stereocenters. The van der Waals surface area contributed by atoms with Gasteiger partial charge in [0, 0.05) is 74.2 Å². The molecule has 10 rings (SSSR count). The second-order valence-electron chi connectivity index (χ2n) is 11.3. The highest BCUT2D eigenvalue weighted by atomic mass is 32.1. The van der Waals surface area contributed by atoms with Gasteiger partial charge in [0.25, 0.3) is 0 Å². The second-order valence-corrected chi connectivity index (χ2v) is 13.5. The van der Waals surface area contributed by atoms with Crippen molar-refractivity contribution in [2.75, 3.05) is 4.90 Å². The van der Waals surface area contributed by atoms with Crippen molar-refractivity contribution in [2.24, 2.45) is 0 Å². The van der Waals surface area contributed by atoms with Gasteiger partial charge in [0.2, 0.25) is 0 Å². The largest absolute Gasteiger partial charge is 0.456 e. The van der Waals surface area contributed by atoms with Crippen molar-refractivity contribution >= 4 is 113 Å². The maximum atomic E-state index is 6.52. The van der Waals surface area contributed by atoms with E-state index in [1.54, 1.807) is 0 Å². The summed E-state index contributed by atoms with van der Waals surface area (Å²) in [6.45, 7) is 0. The SMILES string of the molecule is c1ccc2c(c1)ccc1oc3cc(N(c4ccc5c(c4)sc4ccccc45)c4ccc5c(c4)sc4ccccc45)ccc3c12. The Morgan fingerprint density at radius 3 is 1.57 bits per heavy atom. The maximum absolute atomic E-state index is 6.52. The molecule has 206 valence electrons. The first-order chi connectivity index (χ1) is 21.8. The van der Waals surface area contributed by atoms with E-state index in [0.29, 0.717) is 0 Å². The van der Waals surface area contributed by atoms with Crippen LogP contribution in [0.25, 0.3) is 73.1 Å². The minimum atomic E-state index is 0.893. The zero-order valence-electron chi connectivity index (χ0n) is 23.5. The molecule has 4 heteroatoms. The van der Waals surface area contributed by atoms with Crippen molar-refractivity contribution in [3.63, 3.8) is 0 Å². The van der Waals surface area contributed by atoms with Gasteiger partial charge >= 0.3 is 0 Å². The standard InChI is InChI=1S/C40H23NOS2/c1-2-8-28-24(7-1)13-20-34-40(28)33-19-16-25(21-35(33)42-34)41(26-14-17-31-29-9-3-5-11-36(29)43-38(31)22-26)27-15-18-32-30-10-4-6-12-37(30)44-39(32)23-27/h1-23H. The molecule has 0 bridgehead atoms. The highest BCUT2D eigenvalue weighted by Crippen LogP contribution is 2.44. The van der Waals surface area contributed by atoms with Gasteiger partial charge in [-0.2, -0.15) is 0 Å². The highest BCUT2D eigenvalue weighted by molar-refractivity contribution is 7.26. The Morgan fingerprint density at radius 2 is 0.909 bits per heavy atom. The lowest BCUT2D eigenvalue weighted by Gasteiger charge is -2.25. The minimum absolute atomic E-state index is 0.893. The van der Waals surface area contributed by atoms with Crippen LogP contribution in [0, 0.1) is 0 Å². The molecule has 0 unspecified atom stereocenters. The molecule has 2 nitrogen and oxygen atoms in total. The number of hydrogen-bond acceptors (Lipinski definition) is 4. The monoisotopic (exact) mass is 597 g/mol. The fourth-order valence-corrected chi connectivity index (χ4v) is 9.11. The normalized spacial score (nSPS) is 12.1. The number of nitrogens with zero attached hydrogens (tertiary/aromatic N) is 1. The average molecular weight is 598 g/mol. The summed E-state index contributed by atoms with van der Waals surface area (Å²) in [5.74, 6) is 0. The average Bonchev–Trinajstić information content (AvgIpc) is 3.75. The van der Waals surface area contributed by atoms with Crippen LogP contribution in [-0.4, -0.2) is 0 Å². The van der Waals surface area contributed by atoms with Gasteiger partial charge in [-0.15, -0.1) is 22.7 Å². The molecule has 3 heterocycles. The number of hydrogen-bond donors (Lipinski definition) is 0. The smallest absolute Gasteiger partial charge is 0.137 e. The Labute approximate surface area is 260 Å². The van der Waals surface area contributed by atoms with Gasteiger partial charge in [0.05, 0.1) is 0 Å². The Bertz CT molecular complexity index is 2630. The zero-order chi connectivity index (χ0) is 28.8. The van der Waals surface area contributed by atoms with Crippen LogP contribution in [0.3, 0.4) is 0 Å². The van der Waals surface area contributed by atoms with Gasteiger partial charge in [0.1, 0.15) is 11.2 Å². The van der Waals surface area contributed by atoms with Crippen LogP contribution < -0.4 is 4.90 Å². The van der Waals surface area contributed by atoms with Crippen LogP contribution in [0.1, 0.15) is 0 Å². The lowest BCUT2D eigenvalue weighted by atomic mass is 10.0. The lowest BCUT2D eigenvalue weighted by Crippen LogP contribution is -2.09. The molecule has 0 amide bonds. The molecule has 0 saturated carbocycles. The second kappa shape index (κ2) is 9.17. The fourth-order valence-electron chi connectivity index (χ4n) is 6.83. The summed E-state index contributed by atoms with van der Waals surface area (Å²) in [6, 6.07) is 50.6. The third-order valence-corrected chi connectivity index (χ3v) is 11.1. The summed E-state index contributed by atoms with van der Waals surface area (Å²) in [5.41, 5.74) is 5.14. The van der Waals surface area contributed by atoms with Gasteiger partial charge in [-0.25, -0.2) is 0 Å². The molecule has 0 aliphatic rings. The van der Waals surface area contributed by atoms with E-state index in [9.17, 15) is 0 Å². The number of fused-ring (bicyclic) bond motifs is 11. The van der Waals surface area contributed by atoms with E-state index < -0.39 is 0 Å². The molecule has 10 aromatic rings. The lowest BCUT2D eigenvalue weighted by molar-refractivity contribution is 0.669. The van der Waals surface area contributed by atoms with Crippen molar-refractivity contribution in [3.8, 4) is 0 Å². The third kappa shape index (κ3) is 3.53. The maximum Gasteiger partial charge on any atom is 0.137 e. The van der Waals surface area contributed by atoms with E-state index in [1.165, 1.54) is 56.5 Å². The number of furan rings is 1. The van der Waals surface area contributed by atoms with Crippen molar-refractivity contribution < 1.29 is 4.42 Å².